The van der Waals surface area contributed by atoms with E-state index in [4.69, 9.17) is 11.6 Å². The van der Waals surface area contributed by atoms with Crippen LogP contribution in [0.3, 0.4) is 0 Å². The van der Waals surface area contributed by atoms with E-state index in [2.05, 4.69) is 10.0 Å². The van der Waals surface area contributed by atoms with Crippen LogP contribution in [0, 0.1) is 0 Å². The van der Waals surface area contributed by atoms with Gasteiger partial charge in [0.15, 0.2) is 0 Å². The maximum Gasteiger partial charge on any atom is 0.235 e. The molecule has 0 fully saturated rings. The molecule has 0 atom stereocenters. The smallest absolute Gasteiger partial charge is 0.235 e. The van der Waals surface area contributed by atoms with E-state index in [1.54, 1.807) is 6.92 Å². The van der Waals surface area contributed by atoms with Gasteiger partial charge in [-0.2, -0.15) is 0 Å². The Morgan fingerprint density at radius 3 is 2.53 bits per heavy atom. The van der Waals surface area contributed by atoms with Crippen molar-refractivity contribution in [3.8, 4) is 0 Å². The zero-order chi connectivity index (χ0) is 11.7. The average molecular weight is 257 g/mol. The van der Waals surface area contributed by atoms with E-state index in [-0.39, 0.29) is 18.2 Å². The second-order valence-electron chi connectivity index (χ2n) is 2.99. The van der Waals surface area contributed by atoms with Crippen LogP contribution in [-0.4, -0.2) is 39.0 Å². The molecule has 0 radical (unpaired) electrons. The first-order valence-electron chi connectivity index (χ1n) is 4.82. The minimum absolute atomic E-state index is 0.0130. The number of nitrogens with one attached hydrogen (secondary N) is 2. The Labute approximate surface area is 95.6 Å². The molecule has 5 nitrogen and oxygen atoms in total. The van der Waals surface area contributed by atoms with Gasteiger partial charge in [-0.3, -0.25) is 4.79 Å². The SMILES string of the molecule is CCNC(=O)CNS(=O)(=O)CCCCCl. The minimum atomic E-state index is -3.34. The highest BCUT2D eigenvalue weighted by Gasteiger charge is 2.11. The summed E-state index contributed by atoms with van der Waals surface area (Å²) in [4.78, 5) is 11.0. The highest BCUT2D eigenvalue weighted by molar-refractivity contribution is 7.89. The van der Waals surface area contributed by atoms with Crippen molar-refractivity contribution < 1.29 is 13.2 Å². The van der Waals surface area contributed by atoms with E-state index in [1.165, 1.54) is 0 Å². The quantitative estimate of drug-likeness (QED) is 0.476. The lowest BCUT2D eigenvalue weighted by atomic mass is 10.4. The predicted octanol–water partition coefficient (Wildman–Crippen LogP) is 0.0609. The molecule has 0 heterocycles. The van der Waals surface area contributed by atoms with Gasteiger partial charge in [-0.05, 0) is 19.8 Å². The van der Waals surface area contributed by atoms with Gasteiger partial charge in [0, 0.05) is 12.4 Å². The molecular formula is C8H17ClN2O3S. The van der Waals surface area contributed by atoms with Crippen LogP contribution in [0.1, 0.15) is 19.8 Å². The molecule has 0 aliphatic carbocycles. The molecule has 7 heteroatoms. The number of unbranched alkanes of at least 4 members (excludes halogenated alkanes) is 1. The largest absolute Gasteiger partial charge is 0.355 e. The van der Waals surface area contributed by atoms with Crippen molar-refractivity contribution in [3.05, 3.63) is 0 Å². The van der Waals surface area contributed by atoms with Gasteiger partial charge in [-0.15, -0.1) is 11.6 Å². The molecule has 1 amide bonds. The summed E-state index contributed by atoms with van der Waals surface area (Å²) in [6, 6.07) is 0. The lowest BCUT2D eigenvalue weighted by Gasteiger charge is -2.05. The number of rotatable bonds is 8. The number of hydrogen-bond donors (Lipinski definition) is 2. The van der Waals surface area contributed by atoms with Crippen LogP contribution in [0.4, 0.5) is 0 Å². The van der Waals surface area contributed by atoms with E-state index >= 15 is 0 Å². The summed E-state index contributed by atoms with van der Waals surface area (Å²) in [6.07, 6.45) is 1.16. The molecule has 2 N–H and O–H groups in total. The van der Waals surface area contributed by atoms with Crippen LogP contribution in [0.2, 0.25) is 0 Å². The van der Waals surface area contributed by atoms with Crippen molar-refractivity contribution in [2.45, 2.75) is 19.8 Å². The van der Waals surface area contributed by atoms with Crippen molar-refractivity contribution in [3.63, 3.8) is 0 Å². The Bertz CT molecular complexity index is 280. The van der Waals surface area contributed by atoms with Gasteiger partial charge in [0.1, 0.15) is 0 Å². The number of sulfonamides is 1. The van der Waals surface area contributed by atoms with E-state index in [0.717, 1.165) is 0 Å². The third kappa shape index (κ3) is 8.65. The van der Waals surface area contributed by atoms with E-state index < -0.39 is 10.0 Å². The van der Waals surface area contributed by atoms with Gasteiger partial charge >= 0.3 is 0 Å². The summed E-state index contributed by atoms with van der Waals surface area (Å²) in [5, 5.41) is 2.50. The molecule has 0 bridgehead atoms. The first-order valence-corrected chi connectivity index (χ1v) is 7.00. The third-order valence-corrected chi connectivity index (χ3v) is 3.30. The molecule has 0 spiro atoms. The van der Waals surface area contributed by atoms with E-state index in [0.29, 0.717) is 25.3 Å². The van der Waals surface area contributed by atoms with E-state index in [9.17, 15) is 13.2 Å². The fourth-order valence-electron chi connectivity index (χ4n) is 0.894. The van der Waals surface area contributed by atoms with Crippen molar-refractivity contribution in [2.75, 3.05) is 24.7 Å². The molecule has 0 aromatic heterocycles. The Balaban J connectivity index is 3.78. The van der Waals surface area contributed by atoms with Gasteiger partial charge in [-0.25, -0.2) is 13.1 Å². The molecular weight excluding hydrogens is 240 g/mol. The summed E-state index contributed by atoms with van der Waals surface area (Å²) in [5.74, 6) is 0.142. The summed E-state index contributed by atoms with van der Waals surface area (Å²) >= 11 is 5.42. The summed E-state index contributed by atoms with van der Waals surface area (Å²) < 4.78 is 24.8. The van der Waals surface area contributed by atoms with Crippen LogP contribution in [0.15, 0.2) is 0 Å². The van der Waals surface area contributed by atoms with Gasteiger partial charge < -0.3 is 5.32 Å². The molecule has 0 unspecified atom stereocenters. The van der Waals surface area contributed by atoms with Crippen LogP contribution in [-0.2, 0) is 14.8 Å². The number of likely N-dealkylation sites (N-methyl/N-ethyl adjacent to an activating group) is 1. The van der Waals surface area contributed by atoms with E-state index in [1.807, 2.05) is 0 Å². The van der Waals surface area contributed by atoms with Gasteiger partial charge in [0.25, 0.3) is 0 Å². The number of carbonyl (C=O) groups is 1. The van der Waals surface area contributed by atoms with Crippen LogP contribution in [0.5, 0.6) is 0 Å². The van der Waals surface area contributed by atoms with Gasteiger partial charge in [0.05, 0.1) is 12.3 Å². The number of hydrogen-bond acceptors (Lipinski definition) is 3. The highest BCUT2D eigenvalue weighted by atomic mass is 35.5. The number of alkyl halides is 1. The number of amides is 1. The monoisotopic (exact) mass is 256 g/mol. The second kappa shape index (κ2) is 7.90. The molecule has 0 aliphatic rings. The standard InChI is InChI=1S/C8H17ClN2O3S/c1-2-10-8(12)7-11-15(13,14)6-4-3-5-9/h11H,2-7H2,1H3,(H,10,12). The minimum Gasteiger partial charge on any atom is -0.355 e. The highest BCUT2D eigenvalue weighted by Crippen LogP contribution is 1.95. The Kier molecular flexibility index (Phi) is 7.72. The van der Waals surface area contributed by atoms with Gasteiger partial charge in [0.2, 0.25) is 15.9 Å². The number of carbonyl (C=O) groups excluding carboxylic acids is 1. The summed E-state index contributed by atoms with van der Waals surface area (Å²) in [5.41, 5.74) is 0. The normalized spacial score (nSPS) is 11.3. The van der Waals surface area contributed by atoms with Crippen molar-refractivity contribution in [1.82, 2.24) is 10.0 Å². The number of halogens is 1. The Morgan fingerprint density at radius 1 is 1.33 bits per heavy atom. The topological polar surface area (TPSA) is 75.3 Å². The maximum absolute atomic E-state index is 11.3. The molecule has 90 valence electrons. The van der Waals surface area contributed by atoms with Crippen molar-refractivity contribution in [2.24, 2.45) is 0 Å². The predicted molar refractivity (Wildman–Crippen MR) is 60.4 cm³/mol. The average Bonchev–Trinajstić information content (AvgIpc) is 2.16. The molecule has 15 heavy (non-hydrogen) atoms. The van der Waals surface area contributed by atoms with Crippen LogP contribution in [0.25, 0.3) is 0 Å². The zero-order valence-electron chi connectivity index (χ0n) is 8.75. The fraction of sp³-hybridized carbons (Fsp3) is 0.875. The second-order valence-corrected chi connectivity index (χ2v) is 5.29. The maximum atomic E-state index is 11.3. The summed E-state index contributed by atoms with van der Waals surface area (Å²) in [6.45, 7) is 2.07. The third-order valence-electron chi connectivity index (χ3n) is 1.62. The molecule has 0 aliphatic heterocycles. The Morgan fingerprint density at radius 2 is 2.00 bits per heavy atom. The fourth-order valence-corrected chi connectivity index (χ4v) is 2.16. The Hall–Kier alpha value is -0.330. The molecule has 0 saturated heterocycles. The van der Waals surface area contributed by atoms with Crippen LogP contribution < -0.4 is 10.0 Å². The molecule has 0 aromatic carbocycles. The lowest BCUT2D eigenvalue weighted by Crippen LogP contribution is -2.37. The molecule has 0 rings (SSSR count). The van der Waals surface area contributed by atoms with Gasteiger partial charge in [-0.1, -0.05) is 0 Å². The first-order chi connectivity index (χ1) is 7.02. The summed E-state index contributed by atoms with van der Waals surface area (Å²) in [7, 11) is -3.34. The van der Waals surface area contributed by atoms with Crippen LogP contribution >= 0.6 is 11.6 Å². The molecule has 0 aromatic rings. The molecule has 0 saturated carbocycles. The van der Waals surface area contributed by atoms with Crippen molar-refractivity contribution in [1.29, 1.82) is 0 Å². The van der Waals surface area contributed by atoms with Crippen molar-refractivity contribution >= 4 is 27.5 Å². The lowest BCUT2D eigenvalue weighted by molar-refractivity contribution is -0.119. The first kappa shape index (κ1) is 14.7. The zero-order valence-corrected chi connectivity index (χ0v) is 10.3.